The molecule has 1 N–H and O–H groups in total. The second-order valence-corrected chi connectivity index (χ2v) is 6.63. The molecule has 0 aliphatic rings. The molecule has 3 aromatic rings. The van der Waals surface area contributed by atoms with Gasteiger partial charge in [0, 0.05) is 10.3 Å². The van der Waals surface area contributed by atoms with Crippen LogP contribution in [0.25, 0.3) is 10.8 Å². The average Bonchev–Trinajstić information content (AvgIpc) is 3.17. The lowest BCUT2D eigenvalue weighted by Gasteiger charge is -1.92. The van der Waals surface area contributed by atoms with E-state index in [1.807, 2.05) is 22.9 Å². The van der Waals surface area contributed by atoms with Gasteiger partial charge in [0.25, 0.3) is 5.89 Å². The molecular weight excluding hydrogens is 316 g/mol. The predicted octanol–water partition coefficient (Wildman–Crippen LogP) is 3.85. The van der Waals surface area contributed by atoms with Gasteiger partial charge in [0.05, 0.1) is 10.6 Å². The molecule has 0 aromatic carbocycles. The molecule has 3 aromatic heterocycles. The number of rotatable bonds is 5. The van der Waals surface area contributed by atoms with Crippen LogP contribution in [-0.2, 0) is 5.75 Å². The molecular formula is C12H8N2O3S3. The fourth-order valence-electron chi connectivity index (χ4n) is 1.46. The Morgan fingerprint density at radius 1 is 1.40 bits per heavy atom. The van der Waals surface area contributed by atoms with Crippen LogP contribution >= 0.6 is 34.4 Å². The van der Waals surface area contributed by atoms with Gasteiger partial charge in [-0.15, -0.1) is 44.6 Å². The summed E-state index contributed by atoms with van der Waals surface area (Å²) in [6.45, 7) is 0. The Labute approximate surface area is 126 Å². The van der Waals surface area contributed by atoms with Gasteiger partial charge in [0.2, 0.25) is 5.89 Å². The zero-order valence-electron chi connectivity index (χ0n) is 9.98. The van der Waals surface area contributed by atoms with E-state index in [-0.39, 0.29) is 0 Å². The molecule has 3 rings (SSSR count). The van der Waals surface area contributed by atoms with Crippen molar-refractivity contribution in [3.8, 4) is 10.8 Å². The van der Waals surface area contributed by atoms with Gasteiger partial charge in [-0.1, -0.05) is 6.07 Å². The van der Waals surface area contributed by atoms with Gasteiger partial charge in [-0.25, -0.2) is 4.79 Å². The number of thioether (sulfide) groups is 1. The summed E-state index contributed by atoms with van der Waals surface area (Å²) in [6, 6.07) is 5.50. The fraction of sp³-hybridized carbons (Fsp3) is 0.0833. The van der Waals surface area contributed by atoms with Crippen LogP contribution in [-0.4, -0.2) is 21.3 Å². The van der Waals surface area contributed by atoms with Crippen molar-refractivity contribution in [1.29, 1.82) is 0 Å². The van der Waals surface area contributed by atoms with Crippen LogP contribution in [0, 0.1) is 0 Å². The summed E-state index contributed by atoms with van der Waals surface area (Å²) < 4.78 is 5.56. The van der Waals surface area contributed by atoms with Gasteiger partial charge in [-0.3, -0.25) is 0 Å². The number of nitrogens with zero attached hydrogens (tertiary/aromatic N) is 2. The molecule has 0 saturated heterocycles. The van der Waals surface area contributed by atoms with Crippen molar-refractivity contribution in [3.05, 3.63) is 39.7 Å². The summed E-state index contributed by atoms with van der Waals surface area (Å²) in [5.74, 6) is 0.669. The van der Waals surface area contributed by atoms with Gasteiger partial charge in [-0.05, 0) is 17.5 Å². The number of carbonyl (C=O) groups is 1. The van der Waals surface area contributed by atoms with E-state index < -0.39 is 5.97 Å². The number of hydrogen-bond donors (Lipinski definition) is 1. The molecule has 20 heavy (non-hydrogen) atoms. The second-order valence-electron chi connectivity index (χ2n) is 3.72. The second kappa shape index (κ2) is 5.78. The zero-order chi connectivity index (χ0) is 13.9. The van der Waals surface area contributed by atoms with E-state index in [9.17, 15) is 4.79 Å². The normalized spacial score (nSPS) is 10.8. The van der Waals surface area contributed by atoms with Crippen LogP contribution in [0.1, 0.15) is 15.6 Å². The number of carboxylic acids is 1. The highest BCUT2D eigenvalue weighted by Gasteiger charge is 2.11. The molecule has 0 radical (unpaired) electrons. The van der Waals surface area contributed by atoms with Gasteiger partial charge < -0.3 is 9.52 Å². The first-order valence-electron chi connectivity index (χ1n) is 5.53. The van der Waals surface area contributed by atoms with Crippen molar-refractivity contribution in [1.82, 2.24) is 10.2 Å². The van der Waals surface area contributed by atoms with Crippen LogP contribution in [0.5, 0.6) is 0 Å². The van der Waals surface area contributed by atoms with Crippen LogP contribution in [0.3, 0.4) is 0 Å². The van der Waals surface area contributed by atoms with Crippen molar-refractivity contribution in [2.24, 2.45) is 0 Å². The number of hydrogen-bond acceptors (Lipinski definition) is 7. The number of carboxylic acid groups (broad SMARTS) is 1. The quantitative estimate of drug-likeness (QED) is 0.718. The minimum absolute atomic E-state index is 0.331. The van der Waals surface area contributed by atoms with E-state index in [1.165, 1.54) is 23.1 Å². The summed E-state index contributed by atoms with van der Waals surface area (Å²) in [5.41, 5.74) is 0. The average molecular weight is 324 g/mol. The zero-order valence-corrected chi connectivity index (χ0v) is 12.4. The lowest BCUT2D eigenvalue weighted by Crippen LogP contribution is -1.89. The smallest absolute Gasteiger partial charge is 0.345 e. The van der Waals surface area contributed by atoms with Gasteiger partial charge in [0.15, 0.2) is 0 Å². The van der Waals surface area contributed by atoms with Gasteiger partial charge in [-0.2, -0.15) is 0 Å². The molecule has 8 heteroatoms. The first kappa shape index (κ1) is 13.3. The Hall–Kier alpha value is -1.64. The third-order valence-electron chi connectivity index (χ3n) is 2.35. The highest BCUT2D eigenvalue weighted by Crippen LogP contribution is 2.29. The Bertz CT molecular complexity index is 718. The molecule has 5 nitrogen and oxygen atoms in total. The first-order chi connectivity index (χ1) is 9.72. The summed E-state index contributed by atoms with van der Waals surface area (Å²) in [7, 11) is 0. The van der Waals surface area contributed by atoms with E-state index >= 15 is 0 Å². The monoisotopic (exact) mass is 324 g/mol. The van der Waals surface area contributed by atoms with E-state index in [0.717, 1.165) is 9.77 Å². The Morgan fingerprint density at radius 2 is 2.30 bits per heavy atom. The Balaban J connectivity index is 1.65. The third-order valence-corrected chi connectivity index (χ3v) is 5.23. The van der Waals surface area contributed by atoms with E-state index in [2.05, 4.69) is 10.2 Å². The molecule has 0 unspecified atom stereocenters. The molecule has 0 spiro atoms. The molecule has 0 aliphatic heterocycles. The number of aromatic carboxylic acids is 1. The minimum Gasteiger partial charge on any atom is -0.477 e. The van der Waals surface area contributed by atoms with E-state index in [0.29, 0.717) is 22.4 Å². The summed E-state index contributed by atoms with van der Waals surface area (Å²) in [5, 5.41) is 20.6. The van der Waals surface area contributed by atoms with Crippen LogP contribution < -0.4 is 0 Å². The van der Waals surface area contributed by atoms with Crippen LogP contribution in [0.4, 0.5) is 0 Å². The molecule has 0 fully saturated rings. The molecule has 102 valence electrons. The van der Waals surface area contributed by atoms with Gasteiger partial charge >= 0.3 is 5.97 Å². The lowest BCUT2D eigenvalue weighted by atomic mass is 10.5. The van der Waals surface area contributed by atoms with Crippen molar-refractivity contribution in [3.63, 3.8) is 0 Å². The van der Waals surface area contributed by atoms with Crippen LogP contribution in [0.15, 0.2) is 38.3 Å². The summed E-state index contributed by atoms with van der Waals surface area (Å²) in [4.78, 5) is 12.9. The fourth-order valence-corrected chi connectivity index (χ4v) is 3.81. The Morgan fingerprint density at radius 3 is 3.00 bits per heavy atom. The topological polar surface area (TPSA) is 76.2 Å². The number of thiophene rings is 2. The van der Waals surface area contributed by atoms with Crippen molar-refractivity contribution >= 4 is 40.4 Å². The molecule has 3 heterocycles. The van der Waals surface area contributed by atoms with E-state index in [1.54, 1.807) is 17.4 Å². The van der Waals surface area contributed by atoms with Crippen molar-refractivity contribution < 1.29 is 14.3 Å². The maximum absolute atomic E-state index is 10.8. The largest absolute Gasteiger partial charge is 0.477 e. The number of aromatic nitrogens is 2. The highest BCUT2D eigenvalue weighted by molar-refractivity contribution is 7.98. The Kier molecular flexibility index (Phi) is 3.86. The molecule has 0 amide bonds. The summed E-state index contributed by atoms with van der Waals surface area (Å²) in [6.07, 6.45) is 0. The maximum Gasteiger partial charge on any atom is 0.345 e. The molecule has 0 saturated carbocycles. The first-order valence-corrected chi connectivity index (χ1v) is 8.28. The maximum atomic E-state index is 10.8. The van der Waals surface area contributed by atoms with Crippen LogP contribution in [0.2, 0.25) is 0 Å². The standard InChI is InChI=1S/C12H8N2O3S3/c15-12(16)9-4-7(5-20-9)19-6-10-13-14-11(17-10)8-2-1-3-18-8/h1-5H,6H2,(H,15,16). The lowest BCUT2D eigenvalue weighted by molar-refractivity contribution is 0.0702. The van der Waals surface area contributed by atoms with E-state index in [4.69, 9.17) is 9.52 Å². The van der Waals surface area contributed by atoms with Crippen molar-refractivity contribution in [2.45, 2.75) is 10.6 Å². The summed E-state index contributed by atoms with van der Waals surface area (Å²) >= 11 is 4.23. The minimum atomic E-state index is -0.903. The third kappa shape index (κ3) is 2.92. The predicted molar refractivity (Wildman–Crippen MR) is 78.5 cm³/mol. The molecule has 0 aliphatic carbocycles. The highest BCUT2D eigenvalue weighted by atomic mass is 32.2. The molecule has 0 atom stereocenters. The van der Waals surface area contributed by atoms with Crippen molar-refractivity contribution in [2.75, 3.05) is 0 Å². The SMILES string of the molecule is O=C(O)c1cc(SCc2nnc(-c3cccs3)o2)cs1. The molecule has 0 bridgehead atoms. The van der Waals surface area contributed by atoms with Gasteiger partial charge in [0.1, 0.15) is 4.88 Å².